The van der Waals surface area contributed by atoms with Crippen LogP contribution in [0.5, 0.6) is 5.75 Å². The van der Waals surface area contributed by atoms with Crippen molar-refractivity contribution >= 4 is 24.0 Å². The van der Waals surface area contributed by atoms with Crippen LogP contribution < -0.4 is 15.9 Å². The van der Waals surface area contributed by atoms with Gasteiger partial charge in [-0.05, 0) is 53.1 Å². The number of anilines is 1. The number of nitrogens with zero attached hydrogens (tertiary/aromatic N) is 6. The van der Waals surface area contributed by atoms with Crippen molar-refractivity contribution < 1.29 is 14.2 Å². The maximum atomic E-state index is 12.8. The summed E-state index contributed by atoms with van der Waals surface area (Å²) in [7, 11) is 0. The van der Waals surface area contributed by atoms with Gasteiger partial charge in [0.05, 0.1) is 6.61 Å². The number of allylic oxidation sites excluding steroid dienone is 1. The molecule has 0 saturated carbocycles. The molecular formula is C22H20N8O3. The Labute approximate surface area is 188 Å². The minimum Gasteiger partial charge on any atom is -0.494 e. The second-order valence-electron chi connectivity index (χ2n) is 6.62. The van der Waals surface area contributed by atoms with Gasteiger partial charge in [0.2, 0.25) is 11.6 Å². The number of carbonyl (C=O) groups is 1. The highest BCUT2D eigenvalue weighted by Crippen LogP contribution is 2.28. The molecule has 0 unspecified atom stereocenters. The van der Waals surface area contributed by atoms with Gasteiger partial charge in [0.1, 0.15) is 11.4 Å². The molecule has 0 bridgehead atoms. The summed E-state index contributed by atoms with van der Waals surface area (Å²) in [4.78, 5) is 12.8. The Kier molecular flexibility index (Phi) is 6.50. The minimum atomic E-state index is -0.565. The lowest BCUT2D eigenvalue weighted by molar-refractivity contribution is 0.0950. The first-order valence-electron chi connectivity index (χ1n) is 10.00. The lowest BCUT2D eigenvalue weighted by atomic mass is 10.1. The summed E-state index contributed by atoms with van der Waals surface area (Å²) < 4.78 is 11.4. The zero-order valence-corrected chi connectivity index (χ0v) is 17.6. The van der Waals surface area contributed by atoms with Gasteiger partial charge in [-0.2, -0.15) is 9.78 Å². The minimum absolute atomic E-state index is 0.00288. The van der Waals surface area contributed by atoms with E-state index in [1.54, 1.807) is 30.3 Å². The Morgan fingerprint density at radius 3 is 2.67 bits per heavy atom. The fourth-order valence-corrected chi connectivity index (χ4v) is 2.97. The number of benzene rings is 2. The van der Waals surface area contributed by atoms with E-state index in [4.69, 9.17) is 10.5 Å². The standard InChI is InChI=1S/C22H20N8O3/c1-2-32-17-12-10-16(11-13-17)19-18(25-29-30(19)21-20(23)27-33-28-21)22(31)26-24-14-6-9-15-7-4-3-5-8-15/h3-14H,2H2,1H3,(H2,23,27)(H,26,31). The Hall–Kier alpha value is -4.80. The van der Waals surface area contributed by atoms with Gasteiger partial charge in [0.15, 0.2) is 5.69 Å². The Bertz CT molecular complexity index is 1280. The van der Waals surface area contributed by atoms with Gasteiger partial charge >= 0.3 is 0 Å². The molecule has 2 aromatic heterocycles. The zero-order valence-electron chi connectivity index (χ0n) is 17.6. The number of nitrogen functional groups attached to an aromatic ring is 1. The van der Waals surface area contributed by atoms with Gasteiger partial charge in [-0.1, -0.05) is 41.6 Å². The van der Waals surface area contributed by atoms with Crippen LogP contribution in [0.25, 0.3) is 23.2 Å². The van der Waals surface area contributed by atoms with Crippen LogP contribution in [-0.2, 0) is 0 Å². The lowest BCUT2D eigenvalue weighted by Gasteiger charge is -2.07. The molecular weight excluding hydrogens is 424 g/mol. The van der Waals surface area contributed by atoms with Crippen molar-refractivity contribution in [2.24, 2.45) is 5.10 Å². The van der Waals surface area contributed by atoms with E-state index in [0.29, 0.717) is 23.6 Å². The third kappa shape index (κ3) is 4.93. The highest BCUT2D eigenvalue weighted by molar-refractivity contribution is 5.98. The summed E-state index contributed by atoms with van der Waals surface area (Å²) >= 11 is 0. The van der Waals surface area contributed by atoms with Crippen molar-refractivity contribution in [1.29, 1.82) is 0 Å². The Morgan fingerprint density at radius 1 is 1.18 bits per heavy atom. The molecule has 3 N–H and O–H groups in total. The summed E-state index contributed by atoms with van der Waals surface area (Å²) in [5.74, 6) is 0.232. The highest BCUT2D eigenvalue weighted by Gasteiger charge is 2.25. The summed E-state index contributed by atoms with van der Waals surface area (Å²) in [6, 6.07) is 16.8. The summed E-state index contributed by atoms with van der Waals surface area (Å²) in [5.41, 5.74) is 10.3. The highest BCUT2D eigenvalue weighted by atomic mass is 16.6. The van der Waals surface area contributed by atoms with E-state index in [0.717, 1.165) is 5.56 Å². The normalized spacial score (nSPS) is 11.3. The first-order valence-corrected chi connectivity index (χ1v) is 10.00. The number of hydrogen-bond donors (Lipinski definition) is 2. The molecule has 11 heteroatoms. The molecule has 0 fully saturated rings. The number of nitrogens with one attached hydrogen (secondary N) is 1. The SMILES string of the molecule is CCOc1ccc(-c2c(C(=O)NN=CC=Cc3ccccc3)nnn2-c2nonc2N)cc1. The maximum Gasteiger partial charge on any atom is 0.294 e. The van der Waals surface area contributed by atoms with Crippen LogP contribution in [0.3, 0.4) is 0 Å². The molecule has 0 atom stereocenters. The molecule has 0 radical (unpaired) electrons. The number of aromatic nitrogens is 5. The molecule has 4 aromatic rings. The molecule has 2 aromatic carbocycles. The largest absolute Gasteiger partial charge is 0.494 e. The average molecular weight is 444 g/mol. The smallest absolute Gasteiger partial charge is 0.294 e. The molecule has 0 aliphatic heterocycles. The van der Waals surface area contributed by atoms with E-state index < -0.39 is 5.91 Å². The number of rotatable bonds is 8. The molecule has 0 aliphatic rings. The fraction of sp³-hybridized carbons (Fsp3) is 0.0909. The van der Waals surface area contributed by atoms with Crippen LogP contribution >= 0.6 is 0 Å². The van der Waals surface area contributed by atoms with Crippen molar-refractivity contribution in [3.05, 3.63) is 71.9 Å². The van der Waals surface area contributed by atoms with Crippen LogP contribution in [0.2, 0.25) is 0 Å². The molecule has 11 nitrogen and oxygen atoms in total. The van der Waals surface area contributed by atoms with E-state index in [1.165, 1.54) is 10.9 Å². The van der Waals surface area contributed by atoms with Gasteiger partial charge in [-0.3, -0.25) is 4.79 Å². The molecule has 166 valence electrons. The molecule has 33 heavy (non-hydrogen) atoms. The van der Waals surface area contributed by atoms with Crippen LogP contribution in [0.4, 0.5) is 5.82 Å². The number of hydrogen-bond acceptors (Lipinski definition) is 9. The van der Waals surface area contributed by atoms with E-state index in [2.05, 4.69) is 35.8 Å². The third-order valence-electron chi connectivity index (χ3n) is 4.44. The van der Waals surface area contributed by atoms with Gasteiger partial charge in [0.25, 0.3) is 5.91 Å². The van der Waals surface area contributed by atoms with Gasteiger partial charge < -0.3 is 10.5 Å². The predicted molar refractivity (Wildman–Crippen MR) is 122 cm³/mol. The number of carbonyl (C=O) groups excluding carboxylic acids is 1. The molecule has 0 aliphatic carbocycles. The van der Waals surface area contributed by atoms with Crippen molar-refractivity contribution in [1.82, 2.24) is 30.7 Å². The molecule has 0 saturated heterocycles. The van der Waals surface area contributed by atoms with E-state index in [9.17, 15) is 4.79 Å². The fourth-order valence-electron chi connectivity index (χ4n) is 2.97. The number of nitrogens with two attached hydrogens (primary N) is 1. The van der Waals surface area contributed by atoms with Gasteiger partial charge in [0, 0.05) is 11.8 Å². The van der Waals surface area contributed by atoms with Crippen molar-refractivity contribution in [2.75, 3.05) is 12.3 Å². The number of ether oxygens (including phenoxy) is 1. The zero-order chi connectivity index (χ0) is 23.0. The second-order valence-corrected chi connectivity index (χ2v) is 6.62. The van der Waals surface area contributed by atoms with Crippen LogP contribution in [0, 0.1) is 0 Å². The second kappa shape index (κ2) is 10.0. The summed E-state index contributed by atoms with van der Waals surface area (Å²) in [6.45, 7) is 2.43. The summed E-state index contributed by atoms with van der Waals surface area (Å²) in [5, 5.41) is 19.3. The lowest BCUT2D eigenvalue weighted by Crippen LogP contribution is -2.19. The topological polar surface area (TPSA) is 146 Å². The van der Waals surface area contributed by atoms with Gasteiger partial charge in [-0.15, -0.1) is 5.10 Å². The maximum absolute atomic E-state index is 12.8. The van der Waals surface area contributed by atoms with E-state index in [-0.39, 0.29) is 17.3 Å². The molecule has 2 heterocycles. The number of amides is 1. The van der Waals surface area contributed by atoms with Gasteiger partial charge in [-0.25, -0.2) is 10.1 Å². The Balaban J connectivity index is 1.60. The van der Waals surface area contributed by atoms with E-state index >= 15 is 0 Å². The predicted octanol–water partition coefficient (Wildman–Crippen LogP) is 2.73. The number of hydrazone groups is 1. The first kappa shape index (κ1) is 21.4. The van der Waals surface area contributed by atoms with Crippen LogP contribution in [0.1, 0.15) is 23.0 Å². The van der Waals surface area contributed by atoms with Crippen molar-refractivity contribution in [2.45, 2.75) is 6.92 Å². The van der Waals surface area contributed by atoms with Crippen molar-refractivity contribution in [3.63, 3.8) is 0 Å². The van der Waals surface area contributed by atoms with Crippen LogP contribution in [-0.4, -0.2) is 44.0 Å². The molecule has 1 amide bonds. The average Bonchev–Trinajstić information content (AvgIpc) is 3.46. The summed E-state index contributed by atoms with van der Waals surface area (Å²) in [6.07, 6.45) is 5.03. The monoisotopic (exact) mass is 444 g/mol. The quantitative estimate of drug-likeness (QED) is 0.311. The molecule has 0 spiro atoms. The van der Waals surface area contributed by atoms with Crippen molar-refractivity contribution in [3.8, 4) is 22.8 Å². The first-order chi connectivity index (χ1) is 16.2. The Morgan fingerprint density at radius 2 is 1.97 bits per heavy atom. The van der Waals surface area contributed by atoms with Crippen LogP contribution in [0.15, 0.2) is 70.4 Å². The van der Waals surface area contributed by atoms with E-state index in [1.807, 2.05) is 43.3 Å². The third-order valence-corrected chi connectivity index (χ3v) is 4.44. The molecule has 4 rings (SSSR count).